The van der Waals surface area contributed by atoms with E-state index in [1.165, 1.54) is 24.2 Å². The number of thiol groups is 1. The third-order valence-electron chi connectivity index (χ3n) is 2.92. The monoisotopic (exact) mass is 261 g/mol. The van der Waals surface area contributed by atoms with Crippen molar-refractivity contribution in [2.45, 2.75) is 37.5 Å². The van der Waals surface area contributed by atoms with Crippen LogP contribution in [0.1, 0.15) is 32.6 Å². The first kappa shape index (κ1) is 13.3. The minimum atomic E-state index is -0.242. The van der Waals surface area contributed by atoms with Crippen molar-refractivity contribution in [1.82, 2.24) is 0 Å². The van der Waals surface area contributed by atoms with E-state index in [1.54, 1.807) is 0 Å². The summed E-state index contributed by atoms with van der Waals surface area (Å²) in [5, 5.41) is 4.52. The van der Waals surface area contributed by atoms with Crippen molar-refractivity contribution in [1.29, 1.82) is 0 Å². The Morgan fingerprint density at radius 1 is 1.17 bits per heavy atom. The minimum Gasteiger partial charge on any atom is -0.493 e. The van der Waals surface area contributed by atoms with Gasteiger partial charge in [0.15, 0.2) is 0 Å². The first-order chi connectivity index (χ1) is 8.90. The maximum Gasteiger partial charge on any atom is 0.128 e. The number of allylic oxidation sites excluding steroid dienone is 2. The van der Waals surface area contributed by atoms with Crippen molar-refractivity contribution in [3.63, 3.8) is 0 Å². The first-order valence-electron chi connectivity index (χ1n) is 6.68. The number of benzene rings is 1. The van der Waals surface area contributed by atoms with Crippen LogP contribution in [0.15, 0.2) is 46.1 Å². The Balaban J connectivity index is 1.83. The Hall–Kier alpha value is -1.15. The van der Waals surface area contributed by atoms with Gasteiger partial charge in [-0.2, -0.15) is 10.9 Å². The Morgan fingerprint density at radius 3 is 2.78 bits per heavy atom. The third kappa shape index (κ3) is 3.95. The van der Waals surface area contributed by atoms with Gasteiger partial charge in [0.25, 0.3) is 0 Å². The molecule has 0 spiro atoms. The number of hydrogen-bond acceptors (Lipinski definition) is 1. The molecule has 0 aliphatic carbocycles. The highest BCUT2D eigenvalue weighted by Gasteiger charge is 2.04. The molecule has 0 N–H and O–H groups in total. The fraction of sp³-hybridized carbons (Fsp3) is 0.375. The maximum atomic E-state index is 5.76. The lowest BCUT2D eigenvalue weighted by Gasteiger charge is -2.12. The molecule has 2 heteroatoms. The summed E-state index contributed by atoms with van der Waals surface area (Å²) in [5.41, 5.74) is 0. The van der Waals surface area contributed by atoms with Gasteiger partial charge in [0.1, 0.15) is 5.75 Å². The van der Waals surface area contributed by atoms with E-state index in [2.05, 4.69) is 48.1 Å². The average molecular weight is 261 g/mol. The van der Waals surface area contributed by atoms with Crippen LogP contribution in [0.5, 0.6) is 5.75 Å². The van der Waals surface area contributed by atoms with Gasteiger partial charge in [-0.15, -0.1) is 0 Å². The SMILES string of the molecule is CCCCCCOc1[c]ccc([SH]2C=CC=C2)c1. The quantitative estimate of drug-likeness (QED) is 0.545. The summed E-state index contributed by atoms with van der Waals surface area (Å²) in [6.45, 7) is 3.03. The summed E-state index contributed by atoms with van der Waals surface area (Å²) in [5.74, 6) is 0.889. The van der Waals surface area contributed by atoms with E-state index in [0.29, 0.717) is 0 Å². The summed E-state index contributed by atoms with van der Waals surface area (Å²) in [4.78, 5) is 1.34. The van der Waals surface area contributed by atoms with Gasteiger partial charge in [-0.3, -0.25) is 0 Å². The highest BCUT2D eigenvalue weighted by Crippen LogP contribution is 2.42. The molecule has 0 fully saturated rings. The Kier molecular flexibility index (Phi) is 5.40. The average Bonchev–Trinajstić information content (AvgIpc) is 2.93. The molecule has 0 unspecified atom stereocenters. The molecule has 1 heterocycles. The molecule has 0 saturated heterocycles. The zero-order valence-corrected chi connectivity index (χ0v) is 11.8. The highest BCUT2D eigenvalue weighted by molar-refractivity contribution is 8.22. The van der Waals surface area contributed by atoms with Crippen molar-refractivity contribution in [3.8, 4) is 5.75 Å². The van der Waals surface area contributed by atoms with Crippen LogP contribution in [0.2, 0.25) is 0 Å². The molecule has 0 aromatic heterocycles. The van der Waals surface area contributed by atoms with E-state index in [1.807, 2.05) is 6.07 Å². The molecule has 2 rings (SSSR count). The van der Waals surface area contributed by atoms with Crippen LogP contribution in [-0.2, 0) is 0 Å². The topological polar surface area (TPSA) is 9.23 Å². The van der Waals surface area contributed by atoms with Crippen molar-refractivity contribution in [3.05, 3.63) is 47.2 Å². The molecule has 1 nitrogen and oxygen atoms in total. The van der Waals surface area contributed by atoms with Gasteiger partial charge in [0.2, 0.25) is 0 Å². The van der Waals surface area contributed by atoms with E-state index in [-0.39, 0.29) is 10.9 Å². The Labute approximate surface area is 113 Å². The van der Waals surface area contributed by atoms with Crippen LogP contribution in [0.3, 0.4) is 0 Å². The second kappa shape index (κ2) is 7.32. The van der Waals surface area contributed by atoms with Gasteiger partial charge in [-0.05, 0) is 40.3 Å². The summed E-state index contributed by atoms with van der Waals surface area (Å²) < 4.78 is 5.76. The number of rotatable bonds is 7. The lowest BCUT2D eigenvalue weighted by Crippen LogP contribution is -1.97. The summed E-state index contributed by atoms with van der Waals surface area (Å²) in [7, 11) is -0.242. The van der Waals surface area contributed by atoms with Crippen LogP contribution in [0.4, 0.5) is 0 Å². The van der Waals surface area contributed by atoms with Crippen LogP contribution in [0.25, 0.3) is 0 Å². The van der Waals surface area contributed by atoms with Crippen LogP contribution < -0.4 is 4.74 Å². The predicted octanol–water partition coefficient (Wildman–Crippen LogP) is 4.85. The summed E-state index contributed by atoms with van der Waals surface area (Å²) in [6.07, 6.45) is 9.20. The molecule has 1 aliphatic rings. The normalized spacial score (nSPS) is 15.3. The second-order valence-corrected chi connectivity index (χ2v) is 6.34. The molecule has 0 saturated carbocycles. The molecule has 18 heavy (non-hydrogen) atoms. The van der Waals surface area contributed by atoms with Gasteiger partial charge in [-0.25, -0.2) is 0 Å². The molecule has 1 aliphatic heterocycles. The first-order valence-corrected chi connectivity index (χ1v) is 8.16. The molecular formula is C16H21OS. The van der Waals surface area contributed by atoms with Gasteiger partial charge in [-0.1, -0.05) is 38.3 Å². The molecule has 0 bridgehead atoms. The third-order valence-corrected chi connectivity index (χ3v) is 4.78. The molecule has 1 aromatic rings. The maximum absolute atomic E-state index is 5.76. The van der Waals surface area contributed by atoms with E-state index in [9.17, 15) is 0 Å². The Morgan fingerprint density at radius 2 is 2.00 bits per heavy atom. The van der Waals surface area contributed by atoms with Crippen molar-refractivity contribution < 1.29 is 4.74 Å². The van der Waals surface area contributed by atoms with Crippen molar-refractivity contribution in [2.24, 2.45) is 0 Å². The summed E-state index contributed by atoms with van der Waals surface area (Å²) in [6, 6.07) is 9.40. The zero-order chi connectivity index (χ0) is 12.6. The standard InChI is InChI=1S/C16H21OS/c1-2-3-4-5-11-17-15-9-8-10-16(14-15)18-12-6-7-13-18/h6-8,10,12-14,18H,2-5,11H2,1H3. The van der Waals surface area contributed by atoms with Gasteiger partial charge >= 0.3 is 0 Å². The zero-order valence-electron chi connectivity index (χ0n) is 10.9. The smallest absolute Gasteiger partial charge is 0.128 e. The number of unbranched alkanes of at least 4 members (excludes halogenated alkanes) is 3. The number of ether oxygens (including phenoxy) is 1. The van der Waals surface area contributed by atoms with E-state index < -0.39 is 0 Å². The van der Waals surface area contributed by atoms with E-state index in [0.717, 1.165) is 18.8 Å². The molecular weight excluding hydrogens is 240 g/mol. The lowest BCUT2D eigenvalue weighted by atomic mass is 10.2. The van der Waals surface area contributed by atoms with Crippen LogP contribution in [-0.4, -0.2) is 6.61 Å². The number of hydrogen-bond donors (Lipinski definition) is 1. The largest absolute Gasteiger partial charge is 0.493 e. The molecule has 0 amide bonds. The van der Waals surface area contributed by atoms with Gasteiger partial charge in [0, 0.05) is 6.07 Å². The highest BCUT2D eigenvalue weighted by atomic mass is 32.2. The second-order valence-electron chi connectivity index (χ2n) is 4.41. The van der Waals surface area contributed by atoms with Crippen molar-refractivity contribution in [2.75, 3.05) is 6.61 Å². The molecule has 1 radical (unpaired) electrons. The lowest BCUT2D eigenvalue weighted by molar-refractivity contribution is 0.304. The molecule has 97 valence electrons. The van der Waals surface area contributed by atoms with E-state index in [4.69, 9.17) is 4.74 Å². The van der Waals surface area contributed by atoms with Crippen LogP contribution >= 0.6 is 10.9 Å². The van der Waals surface area contributed by atoms with Crippen molar-refractivity contribution >= 4 is 10.9 Å². The fourth-order valence-corrected chi connectivity index (χ4v) is 3.42. The van der Waals surface area contributed by atoms with Gasteiger partial charge < -0.3 is 4.74 Å². The molecule has 1 aromatic carbocycles. The van der Waals surface area contributed by atoms with Crippen LogP contribution in [0, 0.1) is 6.07 Å². The van der Waals surface area contributed by atoms with E-state index >= 15 is 0 Å². The Bertz CT molecular complexity index is 411. The minimum absolute atomic E-state index is 0.242. The summed E-state index contributed by atoms with van der Waals surface area (Å²) >= 11 is 0. The predicted molar refractivity (Wildman–Crippen MR) is 80.4 cm³/mol. The fourth-order valence-electron chi connectivity index (χ4n) is 1.89. The molecule has 0 atom stereocenters. The van der Waals surface area contributed by atoms with Gasteiger partial charge in [0.05, 0.1) is 6.61 Å².